The minimum absolute atomic E-state index is 0. The highest BCUT2D eigenvalue weighted by Gasteiger charge is 2.38. The van der Waals surface area contributed by atoms with E-state index in [4.69, 9.17) is 5.73 Å². The van der Waals surface area contributed by atoms with Crippen LogP contribution in [0.3, 0.4) is 0 Å². The molecule has 0 heterocycles. The number of rotatable bonds is 6. The zero-order valence-corrected chi connectivity index (χ0v) is 12.4. The van der Waals surface area contributed by atoms with E-state index in [1.807, 2.05) is 6.92 Å². The number of unbranched alkanes of at least 4 members (excludes halogenated alkanes) is 1. The molecule has 21 heavy (non-hydrogen) atoms. The molecule has 3 nitrogen and oxygen atoms in total. The van der Waals surface area contributed by atoms with E-state index in [1.54, 1.807) is 0 Å². The van der Waals surface area contributed by atoms with E-state index in [-0.39, 0.29) is 30.8 Å². The van der Waals surface area contributed by atoms with Crippen molar-refractivity contribution in [3.63, 3.8) is 0 Å². The molecule has 120 valence electrons. The average Bonchev–Trinajstić information content (AvgIpc) is 2.35. The van der Waals surface area contributed by atoms with Gasteiger partial charge in [0, 0.05) is 6.42 Å². The van der Waals surface area contributed by atoms with Crippen LogP contribution in [0.1, 0.15) is 37.3 Å². The van der Waals surface area contributed by atoms with Crippen molar-refractivity contribution in [1.82, 2.24) is 0 Å². The highest BCUT2D eigenvalue weighted by atomic mass is 35.5. The summed E-state index contributed by atoms with van der Waals surface area (Å²) in [5.41, 5.74) is 3.23. The third-order valence-electron chi connectivity index (χ3n) is 3.23. The molecule has 0 fully saturated rings. The molecule has 1 aromatic rings. The summed E-state index contributed by atoms with van der Waals surface area (Å²) in [5, 5.41) is 9.21. The molecule has 0 aliphatic heterocycles. The van der Waals surface area contributed by atoms with Gasteiger partial charge in [0.1, 0.15) is 5.54 Å². The number of hydrogen-bond donors (Lipinski definition) is 2. The lowest BCUT2D eigenvalue weighted by molar-refractivity contribution is -0.145. The monoisotopic (exact) mass is 325 g/mol. The Hall–Kier alpha value is -1.27. The van der Waals surface area contributed by atoms with Gasteiger partial charge in [-0.2, -0.15) is 13.2 Å². The fraction of sp³-hybridized carbons (Fsp3) is 0.500. The summed E-state index contributed by atoms with van der Waals surface area (Å²) >= 11 is 0. The second kappa shape index (κ2) is 7.66. The molecule has 1 rings (SSSR count). The third kappa shape index (κ3) is 5.21. The Balaban J connectivity index is 0.00000400. The Kier molecular flexibility index (Phi) is 7.19. The summed E-state index contributed by atoms with van der Waals surface area (Å²) in [6.45, 7) is 1.87. The van der Waals surface area contributed by atoms with E-state index in [2.05, 4.69) is 0 Å². The van der Waals surface area contributed by atoms with Crippen molar-refractivity contribution in [2.75, 3.05) is 0 Å². The first-order valence-electron chi connectivity index (χ1n) is 6.38. The molecule has 0 amide bonds. The molecular weight excluding hydrogens is 307 g/mol. The maximum absolute atomic E-state index is 12.9. The molecule has 3 N–H and O–H groups in total. The van der Waals surface area contributed by atoms with Gasteiger partial charge in [-0.25, -0.2) is 0 Å². The number of hydrogen-bond acceptors (Lipinski definition) is 2. The molecule has 0 bridgehead atoms. The quantitative estimate of drug-likeness (QED) is 0.839. The first-order valence-corrected chi connectivity index (χ1v) is 6.38. The molecule has 0 spiro atoms. The molecule has 1 aromatic carbocycles. The van der Waals surface area contributed by atoms with Crippen molar-refractivity contribution in [2.24, 2.45) is 5.73 Å². The van der Waals surface area contributed by atoms with Crippen molar-refractivity contribution in [2.45, 2.75) is 44.3 Å². The highest BCUT2D eigenvalue weighted by Crippen LogP contribution is 2.33. The zero-order valence-electron chi connectivity index (χ0n) is 11.6. The first-order chi connectivity index (χ1) is 9.20. The molecule has 0 aliphatic rings. The average molecular weight is 326 g/mol. The summed E-state index contributed by atoms with van der Waals surface area (Å²) in [7, 11) is 0. The second-order valence-corrected chi connectivity index (χ2v) is 4.90. The van der Waals surface area contributed by atoms with Gasteiger partial charge in [-0.3, -0.25) is 4.79 Å². The molecule has 0 saturated carbocycles. The lowest BCUT2D eigenvalue weighted by Crippen LogP contribution is -2.50. The van der Waals surface area contributed by atoms with Gasteiger partial charge in [0.25, 0.3) is 0 Å². The van der Waals surface area contributed by atoms with Crippen LogP contribution in [0.15, 0.2) is 24.3 Å². The fourth-order valence-corrected chi connectivity index (χ4v) is 2.05. The number of aliphatic carboxylic acids is 1. The smallest absolute Gasteiger partial charge is 0.416 e. The predicted molar refractivity (Wildman–Crippen MR) is 76.5 cm³/mol. The topological polar surface area (TPSA) is 63.3 Å². The van der Waals surface area contributed by atoms with Crippen molar-refractivity contribution >= 4 is 18.4 Å². The van der Waals surface area contributed by atoms with Gasteiger partial charge < -0.3 is 10.8 Å². The molecule has 0 aliphatic carbocycles. The molecule has 0 saturated heterocycles. The summed E-state index contributed by atoms with van der Waals surface area (Å²) in [4.78, 5) is 11.3. The first kappa shape index (κ1) is 19.7. The molecule has 1 atom stereocenters. The Morgan fingerprint density at radius 3 is 2.33 bits per heavy atom. The van der Waals surface area contributed by atoms with Gasteiger partial charge in [-0.1, -0.05) is 38.0 Å². The lowest BCUT2D eigenvalue weighted by atomic mass is 9.85. The summed E-state index contributed by atoms with van der Waals surface area (Å²) in [6, 6.07) is 4.95. The van der Waals surface area contributed by atoms with E-state index in [0.717, 1.165) is 12.5 Å². The lowest BCUT2D eigenvalue weighted by Gasteiger charge is -2.26. The van der Waals surface area contributed by atoms with Crippen molar-refractivity contribution < 1.29 is 23.1 Å². The Morgan fingerprint density at radius 1 is 1.29 bits per heavy atom. The maximum atomic E-state index is 12.9. The van der Waals surface area contributed by atoms with Crippen LogP contribution in [0.4, 0.5) is 13.2 Å². The molecular formula is C14H19ClF3NO2. The zero-order chi connectivity index (χ0) is 15.4. The van der Waals surface area contributed by atoms with Crippen molar-refractivity contribution in [3.05, 3.63) is 35.4 Å². The minimum Gasteiger partial charge on any atom is -0.480 e. The van der Waals surface area contributed by atoms with Crippen LogP contribution in [0, 0.1) is 0 Å². The van der Waals surface area contributed by atoms with Gasteiger partial charge in [-0.05, 0) is 18.1 Å². The number of alkyl halides is 3. The van der Waals surface area contributed by atoms with Gasteiger partial charge in [0.2, 0.25) is 0 Å². The van der Waals surface area contributed by atoms with Gasteiger partial charge in [0.05, 0.1) is 5.56 Å². The van der Waals surface area contributed by atoms with E-state index in [0.29, 0.717) is 6.42 Å². The Labute approximate surface area is 127 Å². The van der Waals surface area contributed by atoms with Crippen molar-refractivity contribution in [3.8, 4) is 0 Å². The van der Waals surface area contributed by atoms with Crippen LogP contribution >= 0.6 is 12.4 Å². The second-order valence-electron chi connectivity index (χ2n) is 4.90. The SMILES string of the molecule is CCCC[C@](N)(Cc1ccccc1C(F)(F)F)C(=O)O.Cl. The minimum atomic E-state index is -4.51. The van der Waals surface area contributed by atoms with Gasteiger partial charge in [0.15, 0.2) is 0 Å². The maximum Gasteiger partial charge on any atom is 0.416 e. The Bertz CT molecular complexity index is 480. The van der Waals surface area contributed by atoms with Crippen LogP contribution in [0.2, 0.25) is 0 Å². The van der Waals surface area contributed by atoms with E-state index < -0.39 is 23.2 Å². The fourth-order valence-electron chi connectivity index (χ4n) is 2.05. The van der Waals surface area contributed by atoms with Gasteiger partial charge in [-0.15, -0.1) is 12.4 Å². The van der Waals surface area contributed by atoms with Crippen molar-refractivity contribution in [1.29, 1.82) is 0 Å². The Morgan fingerprint density at radius 2 is 1.86 bits per heavy atom. The van der Waals surface area contributed by atoms with Gasteiger partial charge >= 0.3 is 12.1 Å². The van der Waals surface area contributed by atoms with E-state index >= 15 is 0 Å². The molecule has 7 heteroatoms. The predicted octanol–water partition coefficient (Wildman–Crippen LogP) is 3.64. The number of halogens is 4. The molecule has 0 aromatic heterocycles. The number of carboxylic acids is 1. The molecule has 0 radical (unpaired) electrons. The normalized spacial score (nSPS) is 14.1. The number of carboxylic acid groups (broad SMARTS) is 1. The summed E-state index contributed by atoms with van der Waals surface area (Å²) in [6.07, 6.45) is -3.42. The van der Waals surface area contributed by atoms with Crippen LogP contribution in [-0.4, -0.2) is 16.6 Å². The summed E-state index contributed by atoms with van der Waals surface area (Å²) < 4.78 is 38.7. The van der Waals surface area contributed by atoms with Crippen LogP contribution in [-0.2, 0) is 17.4 Å². The molecule has 0 unspecified atom stereocenters. The third-order valence-corrected chi connectivity index (χ3v) is 3.23. The largest absolute Gasteiger partial charge is 0.480 e. The van der Waals surface area contributed by atoms with Crippen LogP contribution < -0.4 is 5.73 Å². The van der Waals surface area contributed by atoms with E-state index in [1.165, 1.54) is 18.2 Å². The van der Waals surface area contributed by atoms with E-state index in [9.17, 15) is 23.1 Å². The number of benzene rings is 1. The number of nitrogens with two attached hydrogens (primary N) is 1. The summed E-state index contributed by atoms with van der Waals surface area (Å²) in [5.74, 6) is -1.28. The van der Waals surface area contributed by atoms with Crippen LogP contribution in [0.5, 0.6) is 0 Å². The highest BCUT2D eigenvalue weighted by molar-refractivity contribution is 5.85. The number of carbonyl (C=O) groups is 1. The standard InChI is InChI=1S/C14H18F3NO2.ClH/c1-2-3-8-13(18,12(19)20)9-10-6-4-5-7-11(10)14(15,16)17;/h4-7H,2-3,8-9,18H2,1H3,(H,19,20);1H/t13-;/m0./s1. The van der Waals surface area contributed by atoms with Crippen LogP contribution in [0.25, 0.3) is 0 Å².